The van der Waals surface area contributed by atoms with Crippen LogP contribution in [0.5, 0.6) is 0 Å². The van der Waals surface area contributed by atoms with Gasteiger partial charge in [0, 0.05) is 13.1 Å². The highest BCUT2D eigenvalue weighted by Gasteiger charge is 2.32. The number of likely N-dealkylation sites (tertiary alicyclic amines) is 1. The van der Waals surface area contributed by atoms with Gasteiger partial charge in [0.05, 0.1) is 11.7 Å². The van der Waals surface area contributed by atoms with Crippen molar-refractivity contribution in [3.8, 4) is 0 Å². The molecule has 6 heteroatoms. The molecule has 1 aromatic carbocycles. The van der Waals surface area contributed by atoms with Gasteiger partial charge in [-0.3, -0.25) is 0 Å². The van der Waals surface area contributed by atoms with Crippen LogP contribution in [-0.4, -0.2) is 35.7 Å². The average molecular weight is 312 g/mol. The average Bonchev–Trinajstić information content (AvgIpc) is 2.86. The minimum Gasteiger partial charge on any atom is -0.444 e. The normalized spacial score (nSPS) is 18.4. The first-order valence-corrected chi connectivity index (χ1v) is 7.45. The van der Waals surface area contributed by atoms with Crippen molar-refractivity contribution in [2.75, 3.05) is 18.4 Å². The molecule has 1 amide bonds. The summed E-state index contributed by atoms with van der Waals surface area (Å²) in [6, 6.07) is 3.18. The number of benzene rings is 1. The molecule has 2 rings (SSSR count). The molecule has 22 heavy (non-hydrogen) atoms. The van der Waals surface area contributed by atoms with Crippen molar-refractivity contribution in [2.45, 2.75) is 45.3 Å². The number of nitrogens with one attached hydrogen (secondary N) is 1. The van der Waals surface area contributed by atoms with Gasteiger partial charge >= 0.3 is 6.09 Å². The molecule has 1 atom stereocenters. The molecule has 1 N–H and O–H groups in total. The molecule has 1 heterocycles. The maximum Gasteiger partial charge on any atom is 0.410 e. The molecule has 1 aliphatic rings. The highest BCUT2D eigenvalue weighted by molar-refractivity contribution is 5.69. The summed E-state index contributed by atoms with van der Waals surface area (Å²) >= 11 is 0. The number of halogens is 2. The van der Waals surface area contributed by atoms with Crippen LogP contribution >= 0.6 is 0 Å². The molecule has 1 aliphatic heterocycles. The minimum atomic E-state index is -0.549. The molecule has 0 bridgehead atoms. The Kier molecular flexibility index (Phi) is 4.88. The fraction of sp³-hybridized carbons (Fsp3) is 0.562. The van der Waals surface area contributed by atoms with Crippen LogP contribution in [0.15, 0.2) is 18.2 Å². The summed E-state index contributed by atoms with van der Waals surface area (Å²) in [5.74, 6) is -1.01. The van der Waals surface area contributed by atoms with E-state index in [1.54, 1.807) is 4.90 Å². The number of rotatable bonds is 3. The zero-order valence-corrected chi connectivity index (χ0v) is 13.2. The Labute approximate surface area is 129 Å². The molecule has 1 unspecified atom stereocenters. The van der Waals surface area contributed by atoms with Gasteiger partial charge in [-0.25, -0.2) is 13.6 Å². The smallest absolute Gasteiger partial charge is 0.410 e. The fourth-order valence-electron chi connectivity index (χ4n) is 2.47. The van der Waals surface area contributed by atoms with Crippen molar-refractivity contribution >= 4 is 11.8 Å². The third-order valence-corrected chi connectivity index (χ3v) is 3.46. The molecule has 0 radical (unpaired) electrons. The van der Waals surface area contributed by atoms with Gasteiger partial charge in [0.25, 0.3) is 0 Å². The maximum absolute atomic E-state index is 13.6. The van der Waals surface area contributed by atoms with E-state index in [4.69, 9.17) is 4.74 Å². The predicted molar refractivity (Wildman–Crippen MR) is 80.8 cm³/mol. The van der Waals surface area contributed by atoms with Crippen molar-refractivity contribution in [3.63, 3.8) is 0 Å². The first kappa shape index (κ1) is 16.5. The molecule has 4 nitrogen and oxygen atoms in total. The van der Waals surface area contributed by atoms with E-state index in [2.05, 4.69) is 5.32 Å². The Bertz CT molecular complexity index is 543. The van der Waals surface area contributed by atoms with Crippen molar-refractivity contribution in [1.29, 1.82) is 0 Å². The minimum absolute atomic E-state index is 0.0856. The lowest BCUT2D eigenvalue weighted by molar-refractivity contribution is 0.0235. The third-order valence-electron chi connectivity index (χ3n) is 3.46. The van der Waals surface area contributed by atoms with Crippen LogP contribution in [0, 0.1) is 11.6 Å². The van der Waals surface area contributed by atoms with E-state index < -0.39 is 17.2 Å². The number of amides is 1. The number of nitrogens with zero attached hydrogens (tertiary/aromatic N) is 1. The van der Waals surface area contributed by atoms with Gasteiger partial charge in [-0.05, 0) is 51.8 Å². The van der Waals surface area contributed by atoms with Gasteiger partial charge in [0.2, 0.25) is 0 Å². The number of anilines is 1. The van der Waals surface area contributed by atoms with Crippen LogP contribution in [0.3, 0.4) is 0 Å². The third kappa shape index (κ3) is 4.32. The largest absolute Gasteiger partial charge is 0.444 e. The van der Waals surface area contributed by atoms with Crippen molar-refractivity contribution < 1.29 is 18.3 Å². The number of hydrogen-bond acceptors (Lipinski definition) is 3. The van der Waals surface area contributed by atoms with Gasteiger partial charge in [0.15, 0.2) is 0 Å². The zero-order valence-electron chi connectivity index (χ0n) is 13.2. The second-order valence-corrected chi connectivity index (χ2v) is 6.47. The number of hydrogen-bond donors (Lipinski definition) is 1. The zero-order chi connectivity index (χ0) is 16.3. The Balaban J connectivity index is 1.97. The predicted octanol–water partition coefficient (Wildman–Crippen LogP) is 3.78. The SMILES string of the molecule is CC(C)(C)OC(=O)N1CCCC1CNc1cc(F)ccc1F. The molecule has 0 aliphatic carbocycles. The molecule has 122 valence electrons. The van der Waals surface area contributed by atoms with Crippen molar-refractivity contribution in [2.24, 2.45) is 0 Å². The molecule has 0 saturated carbocycles. The lowest BCUT2D eigenvalue weighted by Gasteiger charge is -2.29. The molecular weight excluding hydrogens is 290 g/mol. The summed E-state index contributed by atoms with van der Waals surface area (Å²) in [6.45, 7) is 6.43. The van der Waals surface area contributed by atoms with Crippen molar-refractivity contribution in [3.05, 3.63) is 29.8 Å². The monoisotopic (exact) mass is 312 g/mol. The highest BCUT2D eigenvalue weighted by atomic mass is 19.1. The lowest BCUT2D eigenvalue weighted by Crippen LogP contribution is -2.42. The molecular formula is C16H22F2N2O2. The Morgan fingerprint density at radius 2 is 2.14 bits per heavy atom. The van der Waals surface area contributed by atoms with E-state index in [1.165, 1.54) is 0 Å². The summed E-state index contributed by atoms with van der Waals surface area (Å²) in [7, 11) is 0. The Morgan fingerprint density at radius 3 is 2.82 bits per heavy atom. The molecule has 0 spiro atoms. The molecule has 1 aromatic rings. The van der Waals surface area contributed by atoms with Crippen LogP contribution in [0.2, 0.25) is 0 Å². The van der Waals surface area contributed by atoms with Gasteiger partial charge in [-0.2, -0.15) is 0 Å². The first-order chi connectivity index (χ1) is 10.3. The topological polar surface area (TPSA) is 41.6 Å². The molecule has 0 aromatic heterocycles. The first-order valence-electron chi connectivity index (χ1n) is 7.45. The number of carbonyl (C=O) groups is 1. The highest BCUT2D eigenvalue weighted by Crippen LogP contribution is 2.22. The number of carbonyl (C=O) groups excluding carboxylic acids is 1. The summed E-state index contributed by atoms with van der Waals surface area (Å²) in [4.78, 5) is 13.8. The molecule has 1 fully saturated rings. The van der Waals surface area contributed by atoms with E-state index in [0.29, 0.717) is 13.1 Å². The fourth-order valence-corrected chi connectivity index (χ4v) is 2.47. The van der Waals surface area contributed by atoms with E-state index in [-0.39, 0.29) is 17.8 Å². The van der Waals surface area contributed by atoms with Crippen LogP contribution in [0.25, 0.3) is 0 Å². The van der Waals surface area contributed by atoms with Crippen LogP contribution in [-0.2, 0) is 4.74 Å². The molecule has 1 saturated heterocycles. The van der Waals surface area contributed by atoms with Gasteiger partial charge < -0.3 is 15.0 Å². The summed E-state index contributed by atoms with van der Waals surface area (Å²) in [6.07, 6.45) is 1.32. The lowest BCUT2D eigenvalue weighted by atomic mass is 10.2. The standard InChI is InChI=1S/C16H22F2N2O2/c1-16(2,3)22-15(21)20-8-4-5-12(20)10-19-14-9-11(17)6-7-13(14)18/h6-7,9,12,19H,4-5,8,10H2,1-3H3. The van der Waals surface area contributed by atoms with Gasteiger partial charge in [-0.1, -0.05) is 0 Å². The van der Waals surface area contributed by atoms with Gasteiger partial charge in [0.1, 0.15) is 17.2 Å². The summed E-state index contributed by atoms with van der Waals surface area (Å²) in [5, 5.41) is 2.88. The van der Waals surface area contributed by atoms with Crippen LogP contribution < -0.4 is 5.32 Å². The van der Waals surface area contributed by atoms with E-state index in [1.807, 2.05) is 20.8 Å². The Morgan fingerprint density at radius 1 is 1.41 bits per heavy atom. The number of ether oxygens (including phenoxy) is 1. The Hall–Kier alpha value is -1.85. The van der Waals surface area contributed by atoms with Crippen molar-refractivity contribution in [1.82, 2.24) is 4.90 Å². The van der Waals surface area contributed by atoms with Crippen LogP contribution in [0.4, 0.5) is 19.3 Å². The summed E-state index contributed by atoms with van der Waals surface area (Å²) < 4.78 is 32.1. The van der Waals surface area contributed by atoms with Gasteiger partial charge in [-0.15, -0.1) is 0 Å². The van der Waals surface area contributed by atoms with E-state index in [9.17, 15) is 13.6 Å². The quantitative estimate of drug-likeness (QED) is 0.923. The van der Waals surface area contributed by atoms with E-state index >= 15 is 0 Å². The van der Waals surface area contributed by atoms with Crippen LogP contribution in [0.1, 0.15) is 33.6 Å². The second-order valence-electron chi connectivity index (χ2n) is 6.47. The summed E-state index contributed by atoms with van der Waals surface area (Å²) in [5.41, 5.74) is -0.442. The van der Waals surface area contributed by atoms with E-state index in [0.717, 1.165) is 31.0 Å². The second kappa shape index (κ2) is 6.50. The maximum atomic E-state index is 13.6.